The molecule has 3 N–H and O–H groups in total. The first-order chi connectivity index (χ1) is 7.49. The van der Waals surface area contributed by atoms with Crippen LogP contribution in [-0.2, 0) is 4.79 Å². The molecule has 0 aliphatic carbocycles. The SMILES string of the molecule is CC1CN(C)CCC1NC(=O)NCC(=O)O. The highest BCUT2D eigenvalue weighted by atomic mass is 16.4. The van der Waals surface area contributed by atoms with Crippen molar-refractivity contribution < 1.29 is 14.7 Å². The number of likely N-dealkylation sites (tertiary alicyclic amines) is 1. The third-order valence-electron chi connectivity index (χ3n) is 2.83. The average molecular weight is 229 g/mol. The van der Waals surface area contributed by atoms with E-state index in [-0.39, 0.29) is 12.6 Å². The molecule has 0 spiro atoms. The van der Waals surface area contributed by atoms with Crippen molar-refractivity contribution >= 4 is 12.0 Å². The molecule has 1 rings (SSSR count). The van der Waals surface area contributed by atoms with E-state index in [4.69, 9.17) is 5.11 Å². The first-order valence-corrected chi connectivity index (χ1v) is 5.43. The molecule has 0 radical (unpaired) electrons. The van der Waals surface area contributed by atoms with Gasteiger partial charge in [-0.15, -0.1) is 0 Å². The Morgan fingerprint density at radius 1 is 1.50 bits per heavy atom. The van der Waals surface area contributed by atoms with Crippen molar-refractivity contribution in [3.63, 3.8) is 0 Å². The van der Waals surface area contributed by atoms with Gasteiger partial charge in [-0.3, -0.25) is 4.79 Å². The molecule has 2 atom stereocenters. The minimum Gasteiger partial charge on any atom is -0.480 e. The van der Waals surface area contributed by atoms with Crippen LogP contribution in [0.1, 0.15) is 13.3 Å². The number of urea groups is 1. The monoisotopic (exact) mass is 229 g/mol. The zero-order valence-electron chi connectivity index (χ0n) is 9.69. The van der Waals surface area contributed by atoms with Crippen LogP contribution >= 0.6 is 0 Å². The summed E-state index contributed by atoms with van der Waals surface area (Å²) in [5.41, 5.74) is 0. The Labute approximate surface area is 95.0 Å². The van der Waals surface area contributed by atoms with Gasteiger partial charge in [0.05, 0.1) is 0 Å². The summed E-state index contributed by atoms with van der Waals surface area (Å²) in [6.07, 6.45) is 0.901. The fourth-order valence-corrected chi connectivity index (χ4v) is 1.94. The highest BCUT2D eigenvalue weighted by Gasteiger charge is 2.25. The van der Waals surface area contributed by atoms with Gasteiger partial charge in [0.2, 0.25) is 0 Å². The second-order valence-corrected chi connectivity index (χ2v) is 4.36. The third kappa shape index (κ3) is 4.06. The van der Waals surface area contributed by atoms with Gasteiger partial charge >= 0.3 is 12.0 Å². The van der Waals surface area contributed by atoms with Crippen LogP contribution in [0.4, 0.5) is 4.79 Å². The Bertz CT molecular complexity index is 270. The summed E-state index contributed by atoms with van der Waals surface area (Å²) in [5, 5.41) is 13.5. The van der Waals surface area contributed by atoms with Gasteiger partial charge in [0.1, 0.15) is 6.54 Å². The van der Waals surface area contributed by atoms with E-state index < -0.39 is 12.0 Å². The fraction of sp³-hybridized carbons (Fsp3) is 0.800. The van der Waals surface area contributed by atoms with Crippen LogP contribution in [0.5, 0.6) is 0 Å². The van der Waals surface area contributed by atoms with Gasteiger partial charge in [0.15, 0.2) is 0 Å². The number of hydrogen-bond donors (Lipinski definition) is 3. The number of carbonyl (C=O) groups is 2. The lowest BCUT2D eigenvalue weighted by Crippen LogP contribution is -2.52. The molecule has 1 heterocycles. The zero-order valence-corrected chi connectivity index (χ0v) is 9.69. The highest BCUT2D eigenvalue weighted by Crippen LogP contribution is 2.14. The molecule has 6 nitrogen and oxygen atoms in total. The van der Waals surface area contributed by atoms with Crippen LogP contribution < -0.4 is 10.6 Å². The first kappa shape index (κ1) is 12.8. The largest absolute Gasteiger partial charge is 0.480 e. The molecule has 1 aliphatic heterocycles. The molecule has 0 aromatic heterocycles. The molecular weight excluding hydrogens is 210 g/mol. The molecule has 0 aromatic rings. The number of aliphatic carboxylic acids is 1. The second kappa shape index (κ2) is 5.69. The number of amides is 2. The summed E-state index contributed by atoms with van der Waals surface area (Å²) in [6.45, 7) is 3.64. The molecule has 0 bridgehead atoms. The molecule has 1 aliphatic rings. The van der Waals surface area contributed by atoms with E-state index in [1.807, 2.05) is 0 Å². The smallest absolute Gasteiger partial charge is 0.323 e. The Morgan fingerprint density at radius 2 is 2.19 bits per heavy atom. The zero-order chi connectivity index (χ0) is 12.1. The third-order valence-corrected chi connectivity index (χ3v) is 2.83. The van der Waals surface area contributed by atoms with Crippen molar-refractivity contribution in [2.45, 2.75) is 19.4 Å². The molecule has 0 aromatic carbocycles. The van der Waals surface area contributed by atoms with Gasteiger partial charge < -0.3 is 20.6 Å². The number of rotatable bonds is 3. The maximum atomic E-state index is 11.3. The van der Waals surface area contributed by atoms with E-state index in [9.17, 15) is 9.59 Å². The second-order valence-electron chi connectivity index (χ2n) is 4.36. The van der Waals surface area contributed by atoms with Crippen molar-refractivity contribution in [2.24, 2.45) is 5.92 Å². The first-order valence-electron chi connectivity index (χ1n) is 5.43. The van der Waals surface area contributed by atoms with Crippen molar-refractivity contribution in [3.05, 3.63) is 0 Å². The van der Waals surface area contributed by atoms with E-state index in [1.165, 1.54) is 0 Å². The summed E-state index contributed by atoms with van der Waals surface area (Å²) in [4.78, 5) is 23.8. The standard InChI is InChI=1S/C10H19N3O3/c1-7-6-13(2)4-3-8(7)12-10(16)11-5-9(14)15/h7-8H,3-6H2,1-2H3,(H,14,15)(H2,11,12,16). The Balaban J connectivity index is 2.30. The van der Waals surface area contributed by atoms with Crippen molar-refractivity contribution in [2.75, 3.05) is 26.7 Å². The van der Waals surface area contributed by atoms with Gasteiger partial charge in [-0.05, 0) is 25.9 Å². The molecular formula is C10H19N3O3. The minimum absolute atomic E-state index is 0.130. The van der Waals surface area contributed by atoms with E-state index in [0.717, 1.165) is 19.5 Å². The Hall–Kier alpha value is -1.30. The summed E-state index contributed by atoms with van der Waals surface area (Å²) < 4.78 is 0. The number of hydrogen-bond acceptors (Lipinski definition) is 3. The predicted molar refractivity (Wildman–Crippen MR) is 59.2 cm³/mol. The molecule has 1 fully saturated rings. The Kier molecular flexibility index (Phi) is 4.54. The summed E-state index contributed by atoms with van der Waals surface area (Å²) >= 11 is 0. The van der Waals surface area contributed by atoms with E-state index in [0.29, 0.717) is 5.92 Å². The number of piperidine rings is 1. The van der Waals surface area contributed by atoms with E-state index in [2.05, 4.69) is 29.5 Å². The lowest BCUT2D eigenvalue weighted by molar-refractivity contribution is -0.135. The summed E-state index contributed by atoms with van der Waals surface area (Å²) in [7, 11) is 2.05. The number of nitrogens with one attached hydrogen (secondary N) is 2. The quantitative estimate of drug-likeness (QED) is 0.621. The van der Waals surface area contributed by atoms with Crippen LogP contribution in [0.15, 0.2) is 0 Å². The topological polar surface area (TPSA) is 81.7 Å². The van der Waals surface area contributed by atoms with Crippen LogP contribution in [0.3, 0.4) is 0 Å². The molecule has 1 saturated heterocycles. The molecule has 16 heavy (non-hydrogen) atoms. The fourth-order valence-electron chi connectivity index (χ4n) is 1.94. The maximum Gasteiger partial charge on any atom is 0.323 e. The van der Waals surface area contributed by atoms with Gasteiger partial charge in [-0.1, -0.05) is 6.92 Å². The predicted octanol–water partition coefficient (Wildman–Crippen LogP) is -0.290. The lowest BCUT2D eigenvalue weighted by Gasteiger charge is -2.35. The highest BCUT2D eigenvalue weighted by molar-refractivity contribution is 5.79. The van der Waals surface area contributed by atoms with Crippen molar-refractivity contribution in [1.82, 2.24) is 15.5 Å². The van der Waals surface area contributed by atoms with E-state index >= 15 is 0 Å². The summed E-state index contributed by atoms with van der Waals surface area (Å²) in [5.74, 6) is -0.652. The molecule has 92 valence electrons. The maximum absolute atomic E-state index is 11.3. The van der Waals surface area contributed by atoms with Gasteiger partial charge in [0.25, 0.3) is 0 Å². The minimum atomic E-state index is -1.04. The molecule has 2 amide bonds. The molecule has 6 heteroatoms. The summed E-state index contributed by atoms with van der Waals surface area (Å²) in [6, 6.07) is -0.270. The number of carboxylic acid groups (broad SMARTS) is 1. The van der Waals surface area contributed by atoms with Crippen LogP contribution in [-0.4, -0.2) is 54.7 Å². The van der Waals surface area contributed by atoms with Gasteiger partial charge in [-0.2, -0.15) is 0 Å². The number of nitrogens with zero attached hydrogens (tertiary/aromatic N) is 1. The van der Waals surface area contributed by atoms with Crippen LogP contribution in [0.2, 0.25) is 0 Å². The lowest BCUT2D eigenvalue weighted by atomic mass is 9.94. The van der Waals surface area contributed by atoms with Crippen LogP contribution in [0, 0.1) is 5.92 Å². The van der Waals surface area contributed by atoms with Gasteiger partial charge in [-0.25, -0.2) is 4.79 Å². The normalized spacial score (nSPS) is 26.1. The molecule has 0 saturated carbocycles. The average Bonchev–Trinajstić information content (AvgIpc) is 2.19. The van der Waals surface area contributed by atoms with Crippen LogP contribution in [0.25, 0.3) is 0 Å². The van der Waals surface area contributed by atoms with Crippen molar-refractivity contribution in [1.29, 1.82) is 0 Å². The van der Waals surface area contributed by atoms with Gasteiger partial charge in [0, 0.05) is 12.6 Å². The molecule has 2 unspecified atom stereocenters. The van der Waals surface area contributed by atoms with E-state index in [1.54, 1.807) is 0 Å². The Morgan fingerprint density at radius 3 is 2.75 bits per heavy atom. The van der Waals surface area contributed by atoms with Crippen molar-refractivity contribution in [3.8, 4) is 0 Å². The number of carboxylic acids is 1. The number of carbonyl (C=O) groups excluding carboxylic acids is 1.